The molecule has 1 amide bonds. The lowest BCUT2D eigenvalue weighted by Crippen LogP contribution is -2.35. The van der Waals surface area contributed by atoms with E-state index in [9.17, 15) is 4.79 Å². The van der Waals surface area contributed by atoms with Crippen LogP contribution in [0.1, 0.15) is 38.7 Å². The van der Waals surface area contributed by atoms with Crippen LogP contribution in [0.25, 0.3) is 0 Å². The number of rotatable bonds is 7. The van der Waals surface area contributed by atoms with E-state index in [0.717, 1.165) is 30.5 Å². The summed E-state index contributed by atoms with van der Waals surface area (Å²) in [5, 5.41) is 6.80. The molecule has 0 aromatic heterocycles. The smallest absolute Gasteiger partial charge is 0.238 e. The largest absolute Gasteiger partial charge is 0.325 e. The molecule has 0 saturated heterocycles. The minimum Gasteiger partial charge on any atom is -0.325 e. The zero-order valence-electron chi connectivity index (χ0n) is 11.9. The Balaban J connectivity index is 2.48. The van der Waals surface area contributed by atoms with Gasteiger partial charge in [-0.2, -0.15) is 0 Å². The predicted molar refractivity (Wildman–Crippen MR) is 81.8 cm³/mol. The average Bonchev–Trinajstić information content (AvgIpc) is 2.39. The van der Waals surface area contributed by atoms with Gasteiger partial charge in [0, 0.05) is 16.8 Å². The summed E-state index contributed by atoms with van der Waals surface area (Å²) in [6.45, 7) is 6.57. The van der Waals surface area contributed by atoms with Crippen LogP contribution < -0.4 is 10.6 Å². The van der Waals surface area contributed by atoms with E-state index >= 15 is 0 Å². The van der Waals surface area contributed by atoms with Crippen molar-refractivity contribution in [1.29, 1.82) is 0 Å². The highest BCUT2D eigenvalue weighted by Gasteiger charge is 2.09. The maximum Gasteiger partial charge on any atom is 0.238 e. The molecule has 3 nitrogen and oxygen atoms in total. The van der Waals surface area contributed by atoms with Gasteiger partial charge in [-0.05, 0) is 37.5 Å². The first kappa shape index (κ1) is 16.0. The number of carbonyl (C=O) groups excluding carboxylic acids is 1. The Kier molecular flexibility index (Phi) is 6.89. The molecule has 1 aromatic carbocycles. The van der Waals surface area contributed by atoms with Gasteiger partial charge in [-0.3, -0.25) is 4.79 Å². The van der Waals surface area contributed by atoms with Gasteiger partial charge in [-0.25, -0.2) is 0 Å². The third kappa shape index (κ3) is 5.62. The molecule has 0 bridgehead atoms. The molecule has 0 fully saturated rings. The lowest BCUT2D eigenvalue weighted by molar-refractivity contribution is -0.115. The topological polar surface area (TPSA) is 41.1 Å². The van der Waals surface area contributed by atoms with E-state index in [4.69, 9.17) is 11.6 Å². The van der Waals surface area contributed by atoms with E-state index in [1.165, 1.54) is 0 Å². The number of nitrogens with one attached hydrogen (secondary N) is 2. The van der Waals surface area contributed by atoms with Gasteiger partial charge >= 0.3 is 0 Å². The molecular weight excluding hydrogens is 260 g/mol. The monoisotopic (exact) mass is 282 g/mol. The Morgan fingerprint density at radius 3 is 2.74 bits per heavy atom. The fraction of sp³-hybridized carbons (Fsp3) is 0.533. The Morgan fingerprint density at radius 1 is 1.37 bits per heavy atom. The normalized spacial score (nSPS) is 12.2. The highest BCUT2D eigenvalue weighted by Crippen LogP contribution is 2.19. The molecule has 0 heterocycles. The van der Waals surface area contributed by atoms with Gasteiger partial charge < -0.3 is 10.6 Å². The van der Waals surface area contributed by atoms with Crippen LogP contribution in [0, 0.1) is 6.92 Å². The van der Waals surface area contributed by atoms with Gasteiger partial charge in [0.25, 0.3) is 0 Å². The van der Waals surface area contributed by atoms with Gasteiger partial charge in [0.2, 0.25) is 5.91 Å². The molecule has 0 aliphatic carbocycles. The molecule has 0 aliphatic heterocycles. The summed E-state index contributed by atoms with van der Waals surface area (Å²) in [5.41, 5.74) is 1.79. The average molecular weight is 283 g/mol. The standard InChI is InChI=1S/C15H23ClN2O/c1-4-6-13(5-2)17-10-15(19)18-14-9-12(16)8-7-11(14)3/h7-9,13,17H,4-6,10H2,1-3H3,(H,18,19). The summed E-state index contributed by atoms with van der Waals surface area (Å²) in [7, 11) is 0. The minimum atomic E-state index is -0.0279. The zero-order chi connectivity index (χ0) is 14.3. The first-order valence-corrected chi connectivity index (χ1v) is 7.24. The molecule has 1 aromatic rings. The van der Waals surface area contributed by atoms with Crippen molar-refractivity contribution in [2.45, 2.75) is 46.1 Å². The van der Waals surface area contributed by atoms with Gasteiger partial charge in [-0.1, -0.05) is 37.9 Å². The highest BCUT2D eigenvalue weighted by molar-refractivity contribution is 6.31. The number of anilines is 1. The Labute approximate surface area is 120 Å². The first-order valence-electron chi connectivity index (χ1n) is 6.86. The lowest BCUT2D eigenvalue weighted by Gasteiger charge is -2.16. The molecule has 4 heteroatoms. The molecule has 106 valence electrons. The van der Waals surface area contributed by atoms with E-state index in [-0.39, 0.29) is 5.91 Å². The third-order valence-corrected chi connectivity index (χ3v) is 3.39. The Hall–Kier alpha value is -1.06. The number of aryl methyl sites for hydroxylation is 1. The van der Waals surface area contributed by atoms with Gasteiger partial charge in [-0.15, -0.1) is 0 Å². The van der Waals surface area contributed by atoms with Crippen molar-refractivity contribution in [3.05, 3.63) is 28.8 Å². The van der Waals surface area contributed by atoms with Crippen LogP contribution in [0.3, 0.4) is 0 Å². The van der Waals surface area contributed by atoms with E-state index in [1.54, 1.807) is 6.07 Å². The Bertz CT molecular complexity index is 421. The van der Waals surface area contributed by atoms with E-state index in [0.29, 0.717) is 17.6 Å². The van der Waals surface area contributed by atoms with Crippen molar-refractivity contribution >= 4 is 23.2 Å². The molecule has 1 rings (SSSR count). The second-order valence-corrected chi connectivity index (χ2v) is 5.22. The van der Waals surface area contributed by atoms with Gasteiger partial charge in [0.1, 0.15) is 0 Å². The number of carbonyl (C=O) groups is 1. The van der Waals surface area contributed by atoms with Crippen LogP contribution in [-0.2, 0) is 4.79 Å². The minimum absolute atomic E-state index is 0.0279. The first-order chi connectivity index (χ1) is 9.06. The molecule has 1 atom stereocenters. The molecule has 0 radical (unpaired) electrons. The molecule has 0 spiro atoms. The quantitative estimate of drug-likeness (QED) is 0.799. The second kappa shape index (κ2) is 8.18. The van der Waals surface area contributed by atoms with Gasteiger partial charge in [0.15, 0.2) is 0 Å². The maximum absolute atomic E-state index is 11.9. The van der Waals surface area contributed by atoms with Crippen LogP contribution >= 0.6 is 11.6 Å². The fourth-order valence-electron chi connectivity index (χ4n) is 1.96. The van der Waals surface area contributed by atoms with Crippen molar-refractivity contribution in [3.8, 4) is 0 Å². The van der Waals surface area contributed by atoms with Crippen LogP contribution in [0.15, 0.2) is 18.2 Å². The Morgan fingerprint density at radius 2 is 2.11 bits per heavy atom. The summed E-state index contributed by atoms with van der Waals surface area (Å²) in [4.78, 5) is 11.9. The van der Waals surface area contributed by atoms with E-state index < -0.39 is 0 Å². The third-order valence-electron chi connectivity index (χ3n) is 3.15. The number of hydrogen-bond acceptors (Lipinski definition) is 2. The second-order valence-electron chi connectivity index (χ2n) is 4.78. The summed E-state index contributed by atoms with van der Waals surface area (Å²) >= 11 is 5.92. The van der Waals surface area contributed by atoms with Crippen molar-refractivity contribution in [1.82, 2.24) is 5.32 Å². The van der Waals surface area contributed by atoms with Crippen LogP contribution in [0.5, 0.6) is 0 Å². The summed E-state index contributed by atoms with van der Waals surface area (Å²) < 4.78 is 0. The molecule has 0 saturated carbocycles. The summed E-state index contributed by atoms with van der Waals surface area (Å²) in [6.07, 6.45) is 3.26. The number of halogens is 1. The zero-order valence-corrected chi connectivity index (χ0v) is 12.7. The summed E-state index contributed by atoms with van der Waals surface area (Å²) in [6, 6.07) is 5.91. The lowest BCUT2D eigenvalue weighted by atomic mass is 10.1. The molecular formula is C15H23ClN2O. The molecule has 19 heavy (non-hydrogen) atoms. The highest BCUT2D eigenvalue weighted by atomic mass is 35.5. The van der Waals surface area contributed by atoms with E-state index in [2.05, 4.69) is 24.5 Å². The van der Waals surface area contributed by atoms with E-state index in [1.807, 2.05) is 19.1 Å². The fourth-order valence-corrected chi connectivity index (χ4v) is 2.13. The maximum atomic E-state index is 11.9. The predicted octanol–water partition coefficient (Wildman–Crippen LogP) is 3.76. The molecule has 0 aliphatic rings. The van der Waals surface area contributed by atoms with Crippen LogP contribution in [0.4, 0.5) is 5.69 Å². The molecule has 2 N–H and O–H groups in total. The number of benzene rings is 1. The van der Waals surface area contributed by atoms with Crippen molar-refractivity contribution in [3.63, 3.8) is 0 Å². The van der Waals surface area contributed by atoms with Crippen LogP contribution in [-0.4, -0.2) is 18.5 Å². The number of amides is 1. The molecule has 1 unspecified atom stereocenters. The van der Waals surface area contributed by atoms with Crippen LogP contribution in [0.2, 0.25) is 5.02 Å². The van der Waals surface area contributed by atoms with Crippen molar-refractivity contribution in [2.24, 2.45) is 0 Å². The van der Waals surface area contributed by atoms with Crippen molar-refractivity contribution in [2.75, 3.05) is 11.9 Å². The SMILES string of the molecule is CCCC(CC)NCC(=O)Nc1cc(Cl)ccc1C. The number of hydrogen-bond donors (Lipinski definition) is 2. The summed E-state index contributed by atoms with van der Waals surface area (Å²) in [5.74, 6) is -0.0279. The van der Waals surface area contributed by atoms with Gasteiger partial charge in [0.05, 0.1) is 6.54 Å². The van der Waals surface area contributed by atoms with Crippen molar-refractivity contribution < 1.29 is 4.79 Å².